The van der Waals surface area contributed by atoms with Gasteiger partial charge in [0.25, 0.3) is 0 Å². The number of likely N-dealkylation sites (tertiary alicyclic amines) is 1. The van der Waals surface area contributed by atoms with Crippen molar-refractivity contribution in [3.8, 4) is 0 Å². The highest BCUT2D eigenvalue weighted by Crippen LogP contribution is 2.55. The van der Waals surface area contributed by atoms with Crippen LogP contribution in [0.2, 0.25) is 0 Å². The molecule has 3 heterocycles. The molecule has 3 amide bonds. The first-order chi connectivity index (χ1) is 18.4. The number of rotatable bonds is 6. The Morgan fingerprint density at radius 2 is 1.74 bits per heavy atom. The molecule has 5 atom stereocenters. The number of anilines is 1. The lowest BCUT2D eigenvalue weighted by Gasteiger charge is -2.34. The number of fused-ring (bicyclic) bond motifs is 1. The molecule has 9 heteroatoms. The van der Waals surface area contributed by atoms with E-state index in [1.54, 1.807) is 36.4 Å². The van der Waals surface area contributed by atoms with Crippen LogP contribution in [0.25, 0.3) is 0 Å². The van der Waals surface area contributed by atoms with Gasteiger partial charge in [-0.1, -0.05) is 59.5 Å². The van der Waals surface area contributed by atoms with E-state index in [0.29, 0.717) is 11.3 Å². The van der Waals surface area contributed by atoms with Gasteiger partial charge in [0.05, 0.1) is 17.9 Å². The summed E-state index contributed by atoms with van der Waals surface area (Å²) in [6, 6.07) is 12.2. The highest BCUT2D eigenvalue weighted by molar-refractivity contribution is 9.10. The van der Waals surface area contributed by atoms with Crippen LogP contribution in [0.4, 0.5) is 10.1 Å². The Balaban J connectivity index is 1.32. The monoisotopic (exact) mass is 581 g/mol. The predicted octanol–water partition coefficient (Wildman–Crippen LogP) is 4.33. The normalized spacial score (nSPS) is 29.9. The van der Waals surface area contributed by atoms with Gasteiger partial charge in [0, 0.05) is 22.7 Å². The maximum Gasteiger partial charge on any atom is 0.246 e. The van der Waals surface area contributed by atoms with E-state index in [0.717, 1.165) is 36.6 Å². The second kappa shape index (κ2) is 9.93. The molecule has 3 fully saturated rings. The number of amides is 3. The van der Waals surface area contributed by atoms with Crippen LogP contribution in [0.15, 0.2) is 65.2 Å². The molecular formula is C29H29BrFN3O4. The second-order valence-corrected chi connectivity index (χ2v) is 11.5. The SMILES string of the molecule is O=C(Nc1ccc(Br)cc1)[C@H]1[C@H]2C=C[C@@]3(O2)[C@H]1C(=O)N(Cc1ccc(F)cc1)[C@@H]3C(=O)NC1CCCCC1. The van der Waals surface area contributed by atoms with Crippen molar-refractivity contribution in [2.45, 2.75) is 62.4 Å². The van der Waals surface area contributed by atoms with Crippen molar-refractivity contribution in [3.63, 3.8) is 0 Å². The fourth-order valence-corrected chi connectivity index (χ4v) is 6.77. The molecule has 2 bridgehead atoms. The number of nitrogens with zero attached hydrogens (tertiary/aromatic N) is 1. The minimum atomic E-state index is -1.23. The molecule has 3 aliphatic heterocycles. The third-order valence-corrected chi connectivity index (χ3v) is 8.78. The molecular weight excluding hydrogens is 553 g/mol. The van der Waals surface area contributed by atoms with Gasteiger partial charge in [0.15, 0.2) is 0 Å². The summed E-state index contributed by atoms with van der Waals surface area (Å²) in [6.07, 6.45) is 8.07. The van der Waals surface area contributed by atoms with Crippen molar-refractivity contribution in [3.05, 3.63) is 76.5 Å². The van der Waals surface area contributed by atoms with E-state index in [1.807, 2.05) is 12.1 Å². The number of hydrogen-bond acceptors (Lipinski definition) is 4. The standard InChI is InChI=1S/C29H29BrFN3O4/c30-18-8-12-21(13-9-18)32-26(35)23-22-14-15-29(38-22)24(23)28(37)34(16-17-6-10-19(31)11-7-17)25(29)27(36)33-20-4-2-1-3-5-20/h6-15,20,22-25H,1-5,16H2,(H,32,35)(H,33,36)/t22-,23+,24-,25-,29-/m1/s1. The molecule has 2 saturated heterocycles. The quantitative estimate of drug-likeness (QED) is 0.497. The fraction of sp³-hybridized carbons (Fsp3) is 0.414. The molecule has 0 unspecified atom stereocenters. The molecule has 1 aliphatic carbocycles. The summed E-state index contributed by atoms with van der Waals surface area (Å²) in [7, 11) is 0. The first kappa shape index (κ1) is 25.2. The van der Waals surface area contributed by atoms with E-state index < -0.39 is 29.6 Å². The van der Waals surface area contributed by atoms with Gasteiger partial charge < -0.3 is 20.3 Å². The Labute approximate surface area is 228 Å². The first-order valence-corrected chi connectivity index (χ1v) is 13.9. The number of nitrogens with one attached hydrogen (secondary N) is 2. The molecule has 0 aromatic heterocycles. The zero-order valence-corrected chi connectivity index (χ0v) is 22.3. The van der Waals surface area contributed by atoms with Crippen LogP contribution in [0, 0.1) is 17.7 Å². The summed E-state index contributed by atoms with van der Waals surface area (Å²) in [5, 5.41) is 6.09. The van der Waals surface area contributed by atoms with E-state index in [9.17, 15) is 18.8 Å². The summed E-state index contributed by atoms with van der Waals surface area (Å²) < 4.78 is 20.8. The zero-order valence-electron chi connectivity index (χ0n) is 20.7. The first-order valence-electron chi connectivity index (χ1n) is 13.1. The Bertz CT molecular complexity index is 1280. The fourth-order valence-electron chi connectivity index (χ4n) is 6.51. The van der Waals surface area contributed by atoms with Crippen molar-refractivity contribution < 1.29 is 23.5 Å². The van der Waals surface area contributed by atoms with Crippen molar-refractivity contribution >= 4 is 39.3 Å². The number of benzene rings is 2. The molecule has 7 nitrogen and oxygen atoms in total. The van der Waals surface area contributed by atoms with Gasteiger partial charge in [-0.25, -0.2) is 4.39 Å². The van der Waals surface area contributed by atoms with Crippen molar-refractivity contribution in [2.75, 3.05) is 5.32 Å². The average Bonchev–Trinajstić information content (AvgIpc) is 3.55. The van der Waals surface area contributed by atoms with E-state index >= 15 is 0 Å². The zero-order chi connectivity index (χ0) is 26.4. The number of ether oxygens (including phenoxy) is 1. The van der Waals surface area contributed by atoms with Gasteiger partial charge in [-0.05, 0) is 54.8 Å². The lowest BCUT2D eigenvalue weighted by molar-refractivity contribution is -0.142. The largest absolute Gasteiger partial charge is 0.359 e. The smallest absolute Gasteiger partial charge is 0.246 e. The molecule has 2 aromatic rings. The summed E-state index contributed by atoms with van der Waals surface area (Å²) in [4.78, 5) is 42.9. The van der Waals surface area contributed by atoms with Crippen LogP contribution in [-0.4, -0.2) is 46.4 Å². The molecule has 1 saturated carbocycles. The van der Waals surface area contributed by atoms with E-state index in [2.05, 4.69) is 26.6 Å². The highest BCUT2D eigenvalue weighted by atomic mass is 79.9. The Hall–Kier alpha value is -3.04. The van der Waals surface area contributed by atoms with E-state index in [-0.39, 0.29) is 36.1 Å². The second-order valence-electron chi connectivity index (χ2n) is 10.6. The topological polar surface area (TPSA) is 87.7 Å². The van der Waals surface area contributed by atoms with Crippen molar-refractivity contribution in [1.82, 2.24) is 10.2 Å². The molecule has 4 aliphatic rings. The molecule has 0 radical (unpaired) electrons. The third kappa shape index (κ3) is 4.35. The van der Waals surface area contributed by atoms with Crippen LogP contribution >= 0.6 is 15.9 Å². The minimum Gasteiger partial charge on any atom is -0.359 e. The molecule has 198 valence electrons. The molecule has 2 N–H and O–H groups in total. The predicted molar refractivity (Wildman–Crippen MR) is 142 cm³/mol. The van der Waals surface area contributed by atoms with Crippen LogP contribution < -0.4 is 10.6 Å². The van der Waals surface area contributed by atoms with Crippen LogP contribution in [0.5, 0.6) is 0 Å². The maximum absolute atomic E-state index is 14.0. The number of halogens is 2. The number of carbonyl (C=O) groups excluding carboxylic acids is 3. The van der Waals surface area contributed by atoms with Gasteiger partial charge in [0.1, 0.15) is 17.5 Å². The van der Waals surface area contributed by atoms with Crippen molar-refractivity contribution in [2.24, 2.45) is 11.8 Å². The molecule has 6 rings (SSSR count). The van der Waals surface area contributed by atoms with Gasteiger partial charge in [-0.3, -0.25) is 14.4 Å². The van der Waals surface area contributed by atoms with Crippen LogP contribution in [-0.2, 0) is 25.7 Å². The summed E-state index contributed by atoms with van der Waals surface area (Å²) in [5.41, 5.74) is 0.0719. The Morgan fingerprint density at radius 3 is 2.45 bits per heavy atom. The van der Waals surface area contributed by atoms with E-state index in [1.165, 1.54) is 17.0 Å². The van der Waals surface area contributed by atoms with Crippen LogP contribution in [0.3, 0.4) is 0 Å². The highest BCUT2D eigenvalue weighted by Gasteiger charge is 2.72. The molecule has 38 heavy (non-hydrogen) atoms. The Morgan fingerprint density at radius 1 is 1.03 bits per heavy atom. The summed E-state index contributed by atoms with van der Waals surface area (Å²) in [6.45, 7) is 0.114. The maximum atomic E-state index is 14.0. The number of carbonyl (C=O) groups is 3. The number of hydrogen-bond donors (Lipinski definition) is 2. The lowest BCUT2D eigenvalue weighted by Crippen LogP contribution is -2.56. The minimum absolute atomic E-state index is 0.0496. The summed E-state index contributed by atoms with van der Waals surface area (Å²) in [5.74, 6) is -2.89. The van der Waals surface area contributed by atoms with Gasteiger partial charge in [-0.2, -0.15) is 0 Å². The molecule has 1 spiro atoms. The summed E-state index contributed by atoms with van der Waals surface area (Å²) >= 11 is 3.39. The average molecular weight is 582 g/mol. The van der Waals surface area contributed by atoms with Gasteiger partial charge in [-0.15, -0.1) is 0 Å². The third-order valence-electron chi connectivity index (χ3n) is 8.25. The van der Waals surface area contributed by atoms with Crippen molar-refractivity contribution in [1.29, 1.82) is 0 Å². The van der Waals surface area contributed by atoms with Gasteiger partial charge in [0.2, 0.25) is 17.7 Å². The lowest BCUT2D eigenvalue weighted by atomic mass is 9.74. The Kier molecular flexibility index (Phi) is 6.60. The molecule has 2 aromatic carbocycles. The van der Waals surface area contributed by atoms with E-state index in [4.69, 9.17) is 4.74 Å². The van der Waals surface area contributed by atoms with Gasteiger partial charge >= 0.3 is 0 Å². The van der Waals surface area contributed by atoms with Crippen LogP contribution in [0.1, 0.15) is 37.7 Å².